The van der Waals surface area contributed by atoms with E-state index in [4.69, 9.17) is 15.2 Å². The first-order valence-electron chi connectivity index (χ1n) is 7.95. The number of piperidine rings is 1. The van der Waals surface area contributed by atoms with E-state index in [1.807, 2.05) is 0 Å². The Morgan fingerprint density at radius 2 is 2.00 bits per heavy atom. The molecular formula is C17H25F3N2O2. The molecule has 0 radical (unpaired) electrons. The Bertz CT molecular complexity index is 561. The molecule has 1 saturated heterocycles. The van der Waals surface area contributed by atoms with Crippen molar-refractivity contribution in [2.24, 2.45) is 11.1 Å². The SMILES string of the molecule is COc1cc(CN2CCC(N)C(C)(C)C2)ccc1OCC(F)(F)F. The van der Waals surface area contributed by atoms with Gasteiger partial charge in [-0.1, -0.05) is 19.9 Å². The molecule has 1 unspecified atom stereocenters. The Morgan fingerprint density at radius 1 is 1.29 bits per heavy atom. The first kappa shape index (κ1) is 18.9. The van der Waals surface area contributed by atoms with Crippen molar-refractivity contribution < 1.29 is 22.6 Å². The summed E-state index contributed by atoms with van der Waals surface area (Å²) in [5, 5.41) is 0. The van der Waals surface area contributed by atoms with Crippen molar-refractivity contribution in [3.63, 3.8) is 0 Å². The van der Waals surface area contributed by atoms with E-state index in [9.17, 15) is 13.2 Å². The van der Waals surface area contributed by atoms with Gasteiger partial charge in [-0.3, -0.25) is 4.90 Å². The van der Waals surface area contributed by atoms with Gasteiger partial charge in [-0.15, -0.1) is 0 Å². The van der Waals surface area contributed by atoms with Crippen LogP contribution in [0.2, 0.25) is 0 Å². The van der Waals surface area contributed by atoms with E-state index in [1.165, 1.54) is 13.2 Å². The first-order chi connectivity index (χ1) is 11.1. The summed E-state index contributed by atoms with van der Waals surface area (Å²) >= 11 is 0. The molecule has 1 heterocycles. The second kappa shape index (κ2) is 7.19. The van der Waals surface area contributed by atoms with Crippen LogP contribution in [0, 0.1) is 5.41 Å². The predicted molar refractivity (Wildman–Crippen MR) is 86.2 cm³/mol. The molecule has 1 fully saturated rings. The van der Waals surface area contributed by atoms with Crippen LogP contribution in [-0.2, 0) is 6.54 Å². The van der Waals surface area contributed by atoms with E-state index in [-0.39, 0.29) is 17.2 Å². The van der Waals surface area contributed by atoms with E-state index in [0.29, 0.717) is 12.3 Å². The van der Waals surface area contributed by atoms with Crippen molar-refractivity contribution in [1.82, 2.24) is 4.90 Å². The van der Waals surface area contributed by atoms with Gasteiger partial charge in [0.2, 0.25) is 0 Å². The third-order valence-electron chi connectivity index (χ3n) is 4.42. The topological polar surface area (TPSA) is 47.7 Å². The molecule has 0 amide bonds. The van der Waals surface area contributed by atoms with Crippen molar-refractivity contribution >= 4 is 0 Å². The van der Waals surface area contributed by atoms with Crippen LogP contribution in [0.5, 0.6) is 11.5 Å². The lowest BCUT2D eigenvalue weighted by Crippen LogP contribution is -2.52. The number of methoxy groups -OCH3 is 1. The molecule has 0 spiro atoms. The second-order valence-corrected chi connectivity index (χ2v) is 6.98. The van der Waals surface area contributed by atoms with Crippen LogP contribution in [0.25, 0.3) is 0 Å². The smallest absolute Gasteiger partial charge is 0.422 e. The molecule has 136 valence electrons. The Hall–Kier alpha value is -1.47. The molecule has 0 aromatic heterocycles. The molecule has 0 aliphatic carbocycles. The molecule has 24 heavy (non-hydrogen) atoms. The fraction of sp³-hybridized carbons (Fsp3) is 0.647. The number of benzene rings is 1. The lowest BCUT2D eigenvalue weighted by molar-refractivity contribution is -0.153. The zero-order chi connectivity index (χ0) is 18.0. The number of rotatable bonds is 5. The molecule has 0 bridgehead atoms. The highest BCUT2D eigenvalue weighted by Crippen LogP contribution is 2.32. The number of nitrogens with two attached hydrogens (primary N) is 1. The Kier molecular flexibility index (Phi) is 5.65. The van der Waals surface area contributed by atoms with E-state index < -0.39 is 12.8 Å². The largest absolute Gasteiger partial charge is 0.493 e. The van der Waals surface area contributed by atoms with Gasteiger partial charge in [0.25, 0.3) is 0 Å². The number of alkyl halides is 3. The van der Waals surface area contributed by atoms with E-state index in [0.717, 1.165) is 25.1 Å². The number of nitrogens with zero attached hydrogens (tertiary/aromatic N) is 1. The standard InChI is InChI=1S/C17H25F3N2O2/c1-16(2)10-22(7-6-15(16)21)9-12-4-5-13(14(8-12)23-3)24-11-17(18,19)20/h4-5,8,15H,6-7,9-11,21H2,1-3H3. The minimum atomic E-state index is -4.37. The molecule has 4 nitrogen and oxygen atoms in total. The molecule has 1 aromatic carbocycles. The minimum Gasteiger partial charge on any atom is -0.493 e. The van der Waals surface area contributed by atoms with Crippen molar-refractivity contribution in [3.05, 3.63) is 23.8 Å². The van der Waals surface area contributed by atoms with Gasteiger partial charge in [0.05, 0.1) is 7.11 Å². The van der Waals surface area contributed by atoms with E-state index >= 15 is 0 Å². The molecule has 2 N–H and O–H groups in total. The maximum atomic E-state index is 12.3. The van der Waals surface area contributed by atoms with Gasteiger partial charge < -0.3 is 15.2 Å². The van der Waals surface area contributed by atoms with Gasteiger partial charge in [-0.2, -0.15) is 13.2 Å². The monoisotopic (exact) mass is 346 g/mol. The Labute approximate surface area is 140 Å². The van der Waals surface area contributed by atoms with Crippen LogP contribution < -0.4 is 15.2 Å². The van der Waals surface area contributed by atoms with Crippen molar-refractivity contribution in [3.8, 4) is 11.5 Å². The minimum absolute atomic E-state index is 0.0398. The van der Waals surface area contributed by atoms with Crippen molar-refractivity contribution in [2.75, 3.05) is 26.8 Å². The summed E-state index contributed by atoms with van der Waals surface area (Å²) < 4.78 is 46.8. The summed E-state index contributed by atoms with van der Waals surface area (Å²) in [7, 11) is 1.42. The third-order valence-corrected chi connectivity index (χ3v) is 4.42. The van der Waals surface area contributed by atoms with Gasteiger partial charge in [0, 0.05) is 25.7 Å². The van der Waals surface area contributed by atoms with Crippen molar-refractivity contribution in [1.29, 1.82) is 0 Å². The van der Waals surface area contributed by atoms with E-state index in [1.54, 1.807) is 12.1 Å². The lowest BCUT2D eigenvalue weighted by Gasteiger charge is -2.42. The molecule has 2 rings (SSSR count). The molecule has 1 aromatic rings. The normalized spacial score (nSPS) is 21.5. The zero-order valence-corrected chi connectivity index (χ0v) is 14.3. The fourth-order valence-corrected chi connectivity index (χ4v) is 2.97. The highest BCUT2D eigenvalue weighted by molar-refractivity contribution is 5.43. The van der Waals surface area contributed by atoms with Crippen LogP contribution in [0.1, 0.15) is 25.8 Å². The quantitative estimate of drug-likeness (QED) is 0.889. The average molecular weight is 346 g/mol. The predicted octanol–water partition coefficient (Wildman–Crippen LogP) is 3.20. The van der Waals surface area contributed by atoms with Gasteiger partial charge >= 0.3 is 6.18 Å². The van der Waals surface area contributed by atoms with Gasteiger partial charge in [-0.25, -0.2) is 0 Å². The molecule has 1 aliphatic heterocycles. The summed E-state index contributed by atoms with van der Waals surface area (Å²) in [6, 6.07) is 5.21. The maximum Gasteiger partial charge on any atom is 0.422 e. The summed E-state index contributed by atoms with van der Waals surface area (Å²) in [6.07, 6.45) is -3.45. The number of hydrogen-bond acceptors (Lipinski definition) is 4. The molecule has 0 saturated carbocycles. The van der Waals surface area contributed by atoms with Crippen molar-refractivity contribution in [2.45, 2.75) is 39.0 Å². The highest BCUT2D eigenvalue weighted by atomic mass is 19.4. The molecular weight excluding hydrogens is 321 g/mol. The number of ether oxygens (including phenoxy) is 2. The maximum absolute atomic E-state index is 12.3. The first-order valence-corrected chi connectivity index (χ1v) is 7.95. The summed E-state index contributed by atoms with van der Waals surface area (Å²) in [6.45, 7) is 5.45. The van der Waals surface area contributed by atoms with Crippen LogP contribution in [0.4, 0.5) is 13.2 Å². The second-order valence-electron chi connectivity index (χ2n) is 6.98. The molecule has 1 atom stereocenters. The van der Waals surface area contributed by atoms with E-state index in [2.05, 4.69) is 18.7 Å². The fourth-order valence-electron chi connectivity index (χ4n) is 2.97. The average Bonchev–Trinajstić information content (AvgIpc) is 2.48. The van der Waals surface area contributed by atoms with Crippen LogP contribution >= 0.6 is 0 Å². The molecule has 1 aliphatic rings. The van der Waals surface area contributed by atoms with Gasteiger partial charge in [0.15, 0.2) is 18.1 Å². The van der Waals surface area contributed by atoms with Gasteiger partial charge in [-0.05, 0) is 29.5 Å². The number of likely N-dealkylation sites (tertiary alicyclic amines) is 1. The lowest BCUT2D eigenvalue weighted by atomic mass is 9.79. The summed E-state index contributed by atoms with van der Waals surface area (Å²) in [5.74, 6) is 0.407. The van der Waals surface area contributed by atoms with Crippen LogP contribution in [-0.4, -0.2) is 43.9 Å². The summed E-state index contributed by atoms with van der Waals surface area (Å²) in [4.78, 5) is 2.30. The van der Waals surface area contributed by atoms with Crippen LogP contribution in [0.15, 0.2) is 18.2 Å². The Balaban J connectivity index is 2.04. The van der Waals surface area contributed by atoms with Gasteiger partial charge in [0.1, 0.15) is 0 Å². The Morgan fingerprint density at radius 3 is 2.58 bits per heavy atom. The highest BCUT2D eigenvalue weighted by Gasteiger charge is 2.33. The molecule has 7 heteroatoms. The van der Waals surface area contributed by atoms with Crippen LogP contribution in [0.3, 0.4) is 0 Å². The summed E-state index contributed by atoms with van der Waals surface area (Å²) in [5.41, 5.74) is 7.16. The number of hydrogen-bond donors (Lipinski definition) is 1. The third kappa shape index (κ3) is 5.01. The number of halogens is 3. The zero-order valence-electron chi connectivity index (χ0n) is 14.3.